The lowest BCUT2D eigenvalue weighted by Crippen LogP contribution is -1.85. The fourth-order valence-electron chi connectivity index (χ4n) is 0.922. The summed E-state index contributed by atoms with van der Waals surface area (Å²) in [6.07, 6.45) is 3.27. The lowest BCUT2D eigenvalue weighted by molar-refractivity contribution is 1.04. The standard InChI is InChI=1S/C9H5Cl2N3S/c10-6-2-1-4-12-8(6)15-7-3-5-13-9(11)14-7/h1-5H. The molecular formula is C9H5Cl2N3S. The lowest BCUT2D eigenvalue weighted by atomic mass is 10.5. The van der Waals surface area contributed by atoms with Crippen molar-refractivity contribution in [3.63, 3.8) is 0 Å². The Labute approximate surface area is 101 Å². The average molecular weight is 258 g/mol. The van der Waals surface area contributed by atoms with Gasteiger partial charge in [0, 0.05) is 12.4 Å². The highest BCUT2D eigenvalue weighted by Crippen LogP contribution is 2.29. The van der Waals surface area contributed by atoms with Crippen molar-refractivity contribution in [3.05, 3.63) is 40.9 Å². The molecule has 0 atom stereocenters. The predicted molar refractivity (Wildman–Crippen MR) is 60.4 cm³/mol. The number of hydrogen-bond donors (Lipinski definition) is 0. The molecule has 76 valence electrons. The second-order valence-electron chi connectivity index (χ2n) is 2.56. The Hall–Kier alpha value is -0.840. The van der Waals surface area contributed by atoms with E-state index in [0.29, 0.717) is 10.0 Å². The number of hydrogen-bond acceptors (Lipinski definition) is 4. The lowest BCUT2D eigenvalue weighted by Gasteiger charge is -2.01. The van der Waals surface area contributed by atoms with Crippen molar-refractivity contribution < 1.29 is 0 Å². The van der Waals surface area contributed by atoms with Crippen LogP contribution in [0.15, 0.2) is 40.6 Å². The van der Waals surface area contributed by atoms with Gasteiger partial charge in [-0.05, 0) is 41.6 Å². The summed E-state index contributed by atoms with van der Waals surface area (Å²) in [5.41, 5.74) is 0. The Morgan fingerprint density at radius 1 is 1.07 bits per heavy atom. The minimum absolute atomic E-state index is 0.215. The van der Waals surface area contributed by atoms with Gasteiger partial charge in [0.15, 0.2) is 0 Å². The summed E-state index contributed by atoms with van der Waals surface area (Å²) in [6, 6.07) is 5.31. The zero-order valence-corrected chi connectivity index (χ0v) is 9.72. The molecule has 0 spiro atoms. The van der Waals surface area contributed by atoms with E-state index in [9.17, 15) is 0 Å². The molecule has 3 nitrogen and oxygen atoms in total. The average Bonchev–Trinajstić information content (AvgIpc) is 2.22. The first-order valence-corrected chi connectivity index (χ1v) is 5.60. The molecule has 0 fully saturated rings. The van der Waals surface area contributed by atoms with Crippen molar-refractivity contribution in [1.29, 1.82) is 0 Å². The van der Waals surface area contributed by atoms with Gasteiger partial charge in [-0.15, -0.1) is 0 Å². The van der Waals surface area contributed by atoms with Crippen LogP contribution in [-0.4, -0.2) is 15.0 Å². The predicted octanol–water partition coefficient (Wildman–Crippen LogP) is 3.33. The minimum atomic E-state index is 0.215. The van der Waals surface area contributed by atoms with E-state index in [4.69, 9.17) is 23.2 Å². The molecule has 0 saturated carbocycles. The van der Waals surface area contributed by atoms with Crippen LogP contribution in [0.4, 0.5) is 0 Å². The molecule has 2 heterocycles. The van der Waals surface area contributed by atoms with Gasteiger partial charge in [-0.2, -0.15) is 0 Å². The van der Waals surface area contributed by atoms with Crippen LogP contribution in [0.25, 0.3) is 0 Å². The van der Waals surface area contributed by atoms with Gasteiger partial charge in [-0.3, -0.25) is 0 Å². The van der Waals surface area contributed by atoms with E-state index in [2.05, 4.69) is 15.0 Å². The Kier molecular flexibility index (Phi) is 3.41. The van der Waals surface area contributed by atoms with Crippen LogP contribution < -0.4 is 0 Å². The molecule has 15 heavy (non-hydrogen) atoms. The van der Waals surface area contributed by atoms with Crippen molar-refractivity contribution in [2.45, 2.75) is 10.1 Å². The van der Waals surface area contributed by atoms with Gasteiger partial charge in [0.1, 0.15) is 10.1 Å². The Morgan fingerprint density at radius 2 is 1.93 bits per heavy atom. The van der Waals surface area contributed by atoms with Crippen LogP contribution in [0, 0.1) is 0 Å². The number of halogens is 2. The minimum Gasteiger partial charge on any atom is -0.248 e. The Morgan fingerprint density at radius 3 is 2.67 bits per heavy atom. The van der Waals surface area contributed by atoms with E-state index < -0.39 is 0 Å². The third kappa shape index (κ3) is 2.81. The molecule has 0 bridgehead atoms. The van der Waals surface area contributed by atoms with Gasteiger partial charge >= 0.3 is 0 Å². The van der Waals surface area contributed by atoms with Crippen LogP contribution in [0.5, 0.6) is 0 Å². The molecule has 6 heteroatoms. The normalized spacial score (nSPS) is 10.3. The van der Waals surface area contributed by atoms with Gasteiger partial charge in [-0.1, -0.05) is 11.6 Å². The molecule has 0 aliphatic rings. The zero-order chi connectivity index (χ0) is 10.7. The van der Waals surface area contributed by atoms with Crippen molar-refractivity contribution >= 4 is 35.0 Å². The SMILES string of the molecule is Clc1nccc(Sc2ncccc2Cl)n1. The van der Waals surface area contributed by atoms with Gasteiger partial charge in [0.2, 0.25) is 5.28 Å². The van der Waals surface area contributed by atoms with E-state index in [1.807, 2.05) is 0 Å². The second kappa shape index (κ2) is 4.79. The quantitative estimate of drug-likeness (QED) is 0.611. The van der Waals surface area contributed by atoms with Crippen LogP contribution >= 0.6 is 35.0 Å². The summed E-state index contributed by atoms with van der Waals surface area (Å²) in [7, 11) is 0. The van der Waals surface area contributed by atoms with E-state index >= 15 is 0 Å². The van der Waals surface area contributed by atoms with E-state index in [-0.39, 0.29) is 5.28 Å². The summed E-state index contributed by atoms with van der Waals surface area (Å²) in [5.74, 6) is 0. The molecule has 0 saturated heterocycles. The van der Waals surface area contributed by atoms with E-state index in [1.54, 1.807) is 30.6 Å². The van der Waals surface area contributed by atoms with Crippen LogP contribution in [0.1, 0.15) is 0 Å². The third-order valence-corrected chi connectivity index (χ3v) is 3.08. The highest BCUT2D eigenvalue weighted by molar-refractivity contribution is 7.99. The second-order valence-corrected chi connectivity index (χ2v) is 4.31. The monoisotopic (exact) mass is 257 g/mol. The number of pyridine rings is 1. The van der Waals surface area contributed by atoms with Crippen molar-refractivity contribution in [3.8, 4) is 0 Å². The molecule has 2 aromatic heterocycles. The summed E-state index contributed by atoms with van der Waals surface area (Å²) >= 11 is 13.0. The summed E-state index contributed by atoms with van der Waals surface area (Å²) in [5, 5.41) is 2.23. The Balaban J connectivity index is 2.26. The highest BCUT2D eigenvalue weighted by atomic mass is 35.5. The number of rotatable bonds is 2. The van der Waals surface area contributed by atoms with Crippen molar-refractivity contribution in [2.24, 2.45) is 0 Å². The number of aromatic nitrogens is 3. The number of nitrogens with zero attached hydrogens (tertiary/aromatic N) is 3. The largest absolute Gasteiger partial charge is 0.248 e. The van der Waals surface area contributed by atoms with Crippen LogP contribution in [0.3, 0.4) is 0 Å². The maximum atomic E-state index is 5.95. The van der Waals surface area contributed by atoms with Gasteiger partial charge in [-0.25, -0.2) is 15.0 Å². The summed E-state index contributed by atoms with van der Waals surface area (Å²) < 4.78 is 0. The maximum Gasteiger partial charge on any atom is 0.223 e. The molecule has 2 aromatic rings. The van der Waals surface area contributed by atoms with Gasteiger partial charge < -0.3 is 0 Å². The zero-order valence-electron chi connectivity index (χ0n) is 7.39. The highest BCUT2D eigenvalue weighted by Gasteiger charge is 2.04. The van der Waals surface area contributed by atoms with Crippen LogP contribution in [-0.2, 0) is 0 Å². The first kappa shape index (κ1) is 10.7. The summed E-state index contributed by atoms with van der Waals surface area (Å²) in [4.78, 5) is 12.0. The molecule has 0 amide bonds. The summed E-state index contributed by atoms with van der Waals surface area (Å²) in [6.45, 7) is 0. The maximum absolute atomic E-state index is 5.95. The molecule has 0 aliphatic heterocycles. The van der Waals surface area contributed by atoms with E-state index in [0.717, 1.165) is 5.03 Å². The smallest absolute Gasteiger partial charge is 0.223 e. The third-order valence-electron chi connectivity index (χ3n) is 1.53. The fraction of sp³-hybridized carbons (Fsp3) is 0. The first-order chi connectivity index (χ1) is 7.25. The topological polar surface area (TPSA) is 38.7 Å². The molecule has 2 rings (SSSR count). The molecule has 0 unspecified atom stereocenters. The molecule has 0 aromatic carbocycles. The first-order valence-electron chi connectivity index (χ1n) is 4.02. The van der Waals surface area contributed by atoms with Crippen molar-refractivity contribution in [2.75, 3.05) is 0 Å². The molecule has 0 radical (unpaired) electrons. The molecule has 0 N–H and O–H groups in total. The van der Waals surface area contributed by atoms with Gasteiger partial charge in [0.25, 0.3) is 0 Å². The van der Waals surface area contributed by atoms with Crippen LogP contribution in [0.2, 0.25) is 10.3 Å². The fourth-order valence-corrected chi connectivity index (χ4v) is 2.09. The molecular weight excluding hydrogens is 253 g/mol. The van der Waals surface area contributed by atoms with Crippen molar-refractivity contribution in [1.82, 2.24) is 15.0 Å². The Bertz CT molecular complexity index is 478. The van der Waals surface area contributed by atoms with Gasteiger partial charge in [0.05, 0.1) is 5.02 Å². The van der Waals surface area contributed by atoms with E-state index in [1.165, 1.54) is 11.8 Å². The molecule has 0 aliphatic carbocycles.